The van der Waals surface area contributed by atoms with E-state index in [0.29, 0.717) is 0 Å². The van der Waals surface area contributed by atoms with Gasteiger partial charge >= 0.3 is 6.03 Å². The number of urea groups is 1. The molecule has 0 unspecified atom stereocenters. The SMILES string of the molecule is N#Cc1c(F)cccc1-n1ccc(NC(=O)NCCS(=O)(=O)Nc2ccccn2)n1. The van der Waals surface area contributed by atoms with Crippen LogP contribution < -0.4 is 15.4 Å². The Morgan fingerprint density at radius 1 is 1.17 bits per heavy atom. The highest BCUT2D eigenvalue weighted by molar-refractivity contribution is 7.92. The van der Waals surface area contributed by atoms with Gasteiger partial charge in [0.15, 0.2) is 5.82 Å². The van der Waals surface area contributed by atoms with Crippen LogP contribution in [0.1, 0.15) is 5.56 Å². The van der Waals surface area contributed by atoms with Crippen molar-refractivity contribution in [3.63, 3.8) is 0 Å². The molecule has 0 bridgehead atoms. The molecule has 2 amide bonds. The summed E-state index contributed by atoms with van der Waals surface area (Å²) in [6, 6.07) is 11.5. The molecule has 0 spiro atoms. The summed E-state index contributed by atoms with van der Waals surface area (Å²) in [4.78, 5) is 15.8. The second-order valence-electron chi connectivity index (χ2n) is 5.91. The second kappa shape index (κ2) is 9.01. The molecule has 0 aliphatic carbocycles. The fourth-order valence-corrected chi connectivity index (χ4v) is 3.34. The van der Waals surface area contributed by atoms with Crippen LogP contribution in [0.2, 0.25) is 0 Å². The number of carbonyl (C=O) groups is 1. The number of halogens is 1. The number of nitrogens with one attached hydrogen (secondary N) is 3. The molecule has 30 heavy (non-hydrogen) atoms. The molecule has 12 heteroatoms. The predicted molar refractivity (Wildman–Crippen MR) is 107 cm³/mol. The molecular formula is C18H16FN7O3S. The lowest BCUT2D eigenvalue weighted by Gasteiger charge is -2.08. The summed E-state index contributed by atoms with van der Waals surface area (Å²) in [6.07, 6.45) is 2.90. The Morgan fingerprint density at radius 3 is 2.73 bits per heavy atom. The van der Waals surface area contributed by atoms with Gasteiger partial charge in [0.25, 0.3) is 0 Å². The number of anilines is 2. The van der Waals surface area contributed by atoms with E-state index in [2.05, 4.69) is 25.4 Å². The average molecular weight is 429 g/mol. The highest BCUT2D eigenvalue weighted by Gasteiger charge is 2.14. The summed E-state index contributed by atoms with van der Waals surface area (Å²) in [7, 11) is -3.69. The fourth-order valence-electron chi connectivity index (χ4n) is 2.43. The lowest BCUT2D eigenvalue weighted by molar-refractivity contribution is 0.252. The number of nitriles is 1. The number of sulfonamides is 1. The van der Waals surface area contributed by atoms with Gasteiger partial charge in [-0.25, -0.2) is 27.3 Å². The van der Waals surface area contributed by atoms with Crippen LogP contribution >= 0.6 is 0 Å². The molecule has 2 heterocycles. The summed E-state index contributed by atoms with van der Waals surface area (Å²) < 4.78 is 41.3. The number of aromatic nitrogens is 3. The average Bonchev–Trinajstić information content (AvgIpc) is 3.16. The van der Waals surface area contributed by atoms with Crippen LogP contribution in [0, 0.1) is 17.1 Å². The molecular weight excluding hydrogens is 413 g/mol. The Labute approximate surface area is 171 Å². The smallest absolute Gasteiger partial charge is 0.320 e. The minimum absolute atomic E-state index is 0.134. The molecule has 10 nitrogen and oxygen atoms in total. The van der Waals surface area contributed by atoms with Crippen molar-refractivity contribution in [1.29, 1.82) is 5.26 Å². The molecule has 154 valence electrons. The van der Waals surface area contributed by atoms with E-state index < -0.39 is 21.9 Å². The molecule has 0 aliphatic rings. The van der Waals surface area contributed by atoms with Crippen molar-refractivity contribution in [2.45, 2.75) is 0 Å². The maximum Gasteiger partial charge on any atom is 0.320 e. The minimum Gasteiger partial charge on any atom is -0.337 e. The Balaban J connectivity index is 1.54. The van der Waals surface area contributed by atoms with Crippen LogP contribution in [0.5, 0.6) is 0 Å². The number of hydrogen-bond acceptors (Lipinski definition) is 6. The highest BCUT2D eigenvalue weighted by Crippen LogP contribution is 2.17. The summed E-state index contributed by atoms with van der Waals surface area (Å²) in [5.74, 6) is -0.727. The lowest BCUT2D eigenvalue weighted by atomic mass is 10.2. The molecule has 0 radical (unpaired) electrons. The van der Waals surface area contributed by atoms with Crippen LogP contribution in [0.4, 0.5) is 20.8 Å². The van der Waals surface area contributed by atoms with E-state index in [1.807, 2.05) is 0 Å². The highest BCUT2D eigenvalue weighted by atomic mass is 32.2. The van der Waals surface area contributed by atoms with Gasteiger partial charge in [-0.2, -0.15) is 5.26 Å². The zero-order valence-electron chi connectivity index (χ0n) is 15.4. The van der Waals surface area contributed by atoms with Gasteiger partial charge < -0.3 is 5.32 Å². The number of benzene rings is 1. The standard InChI is InChI=1S/C18H16FN7O3S/c19-14-4-3-5-15(13(14)12-20)26-10-7-17(24-26)23-18(27)22-9-11-30(28,29)25-16-6-1-2-8-21-16/h1-8,10H,9,11H2,(H,21,25)(H2,22,23,24,27). The summed E-state index contributed by atoms with van der Waals surface area (Å²) in [5, 5.41) is 18.0. The third kappa shape index (κ3) is 5.30. The molecule has 1 aromatic carbocycles. The molecule has 0 fully saturated rings. The number of amides is 2. The molecule has 0 atom stereocenters. The van der Waals surface area contributed by atoms with E-state index in [0.717, 1.165) is 6.07 Å². The topological polar surface area (TPSA) is 142 Å². The monoisotopic (exact) mass is 429 g/mol. The second-order valence-corrected chi connectivity index (χ2v) is 7.75. The lowest BCUT2D eigenvalue weighted by Crippen LogP contribution is -2.34. The fraction of sp³-hybridized carbons (Fsp3) is 0.111. The van der Waals surface area contributed by atoms with E-state index in [4.69, 9.17) is 5.26 Å². The van der Waals surface area contributed by atoms with Gasteiger partial charge in [-0.05, 0) is 24.3 Å². The zero-order valence-corrected chi connectivity index (χ0v) is 16.2. The van der Waals surface area contributed by atoms with Crippen molar-refractivity contribution in [2.75, 3.05) is 22.3 Å². The van der Waals surface area contributed by atoms with Crippen LogP contribution in [0.25, 0.3) is 5.69 Å². The Kier molecular flexibility index (Phi) is 6.23. The van der Waals surface area contributed by atoms with Crippen molar-refractivity contribution < 1.29 is 17.6 Å². The molecule has 3 aromatic rings. The van der Waals surface area contributed by atoms with Crippen molar-refractivity contribution >= 4 is 27.7 Å². The van der Waals surface area contributed by atoms with Crippen molar-refractivity contribution in [3.8, 4) is 11.8 Å². The van der Waals surface area contributed by atoms with Crippen LogP contribution in [0.15, 0.2) is 54.9 Å². The van der Waals surface area contributed by atoms with Gasteiger partial charge in [0.05, 0.1) is 11.4 Å². The largest absolute Gasteiger partial charge is 0.337 e. The van der Waals surface area contributed by atoms with Crippen LogP contribution in [-0.4, -0.2) is 41.5 Å². The number of carbonyl (C=O) groups excluding carboxylic acids is 1. The van der Waals surface area contributed by atoms with Gasteiger partial charge in [-0.3, -0.25) is 10.0 Å². The van der Waals surface area contributed by atoms with E-state index in [9.17, 15) is 17.6 Å². The number of pyridine rings is 1. The van der Waals surface area contributed by atoms with Crippen molar-refractivity contribution in [1.82, 2.24) is 20.1 Å². The van der Waals surface area contributed by atoms with Crippen molar-refractivity contribution in [2.24, 2.45) is 0 Å². The predicted octanol–water partition coefficient (Wildman–Crippen LogP) is 1.84. The summed E-state index contributed by atoms with van der Waals surface area (Å²) >= 11 is 0. The first-order valence-corrected chi connectivity index (χ1v) is 10.2. The van der Waals surface area contributed by atoms with E-state index in [1.54, 1.807) is 18.2 Å². The third-order valence-electron chi connectivity index (χ3n) is 3.76. The van der Waals surface area contributed by atoms with Gasteiger partial charge in [0, 0.05) is 25.0 Å². The Bertz CT molecular complexity index is 1190. The van der Waals surface area contributed by atoms with Gasteiger partial charge in [0.1, 0.15) is 23.3 Å². The quantitative estimate of drug-likeness (QED) is 0.523. The van der Waals surface area contributed by atoms with E-state index in [1.165, 1.54) is 41.3 Å². The first kappa shape index (κ1) is 20.7. The Morgan fingerprint density at radius 2 is 2.00 bits per heavy atom. The van der Waals surface area contributed by atoms with Crippen LogP contribution in [0.3, 0.4) is 0 Å². The number of nitrogens with zero attached hydrogens (tertiary/aromatic N) is 4. The minimum atomic E-state index is -3.69. The number of rotatable bonds is 7. The van der Waals surface area contributed by atoms with Gasteiger partial charge in [0.2, 0.25) is 10.0 Å². The van der Waals surface area contributed by atoms with E-state index >= 15 is 0 Å². The summed E-state index contributed by atoms with van der Waals surface area (Å²) in [6.45, 7) is -0.156. The molecule has 2 aromatic heterocycles. The third-order valence-corrected chi connectivity index (χ3v) is 5.02. The maximum absolute atomic E-state index is 13.7. The first-order chi connectivity index (χ1) is 14.4. The number of hydrogen-bond donors (Lipinski definition) is 3. The maximum atomic E-state index is 13.7. The first-order valence-electron chi connectivity index (χ1n) is 8.59. The van der Waals surface area contributed by atoms with Gasteiger partial charge in [-0.15, -0.1) is 5.10 Å². The molecule has 0 saturated heterocycles. The normalized spacial score (nSPS) is 10.8. The Hall–Kier alpha value is -3.98. The molecule has 0 aliphatic heterocycles. The molecule has 3 rings (SSSR count). The van der Waals surface area contributed by atoms with E-state index in [-0.39, 0.29) is 35.2 Å². The van der Waals surface area contributed by atoms with Crippen LogP contribution in [-0.2, 0) is 10.0 Å². The molecule has 0 saturated carbocycles. The zero-order chi connectivity index (χ0) is 21.6. The van der Waals surface area contributed by atoms with Crippen molar-refractivity contribution in [3.05, 3.63) is 66.2 Å². The molecule has 3 N–H and O–H groups in total. The van der Waals surface area contributed by atoms with Gasteiger partial charge in [-0.1, -0.05) is 12.1 Å². The summed E-state index contributed by atoms with van der Waals surface area (Å²) in [5.41, 5.74) is 0.0415.